The van der Waals surface area contributed by atoms with Crippen molar-refractivity contribution in [2.24, 2.45) is 10.9 Å². The molecule has 0 amide bonds. The van der Waals surface area contributed by atoms with E-state index < -0.39 is 23.5 Å². The quantitative estimate of drug-likeness (QED) is 0.587. The van der Waals surface area contributed by atoms with Gasteiger partial charge in [0.05, 0.1) is 17.4 Å². The van der Waals surface area contributed by atoms with E-state index in [4.69, 9.17) is 17.5 Å². The number of halogens is 4. The maximum atomic E-state index is 12.9. The Morgan fingerprint density at radius 2 is 1.80 bits per heavy atom. The van der Waals surface area contributed by atoms with Gasteiger partial charge in [0.2, 0.25) is 0 Å². The first kappa shape index (κ1) is 14.3. The lowest BCUT2D eigenvalue weighted by molar-refractivity contribution is -0.0947. The molecule has 0 N–H and O–H groups in total. The van der Waals surface area contributed by atoms with Crippen LogP contribution in [0.2, 0.25) is 0 Å². The number of hydrogen-bond donors (Lipinski definition) is 0. The summed E-state index contributed by atoms with van der Waals surface area (Å²) < 4.78 is 51.5. The highest BCUT2D eigenvalue weighted by molar-refractivity contribution is 7.80. The summed E-state index contributed by atoms with van der Waals surface area (Å²) in [5, 5.41) is 8.79. The zero-order valence-electron chi connectivity index (χ0n) is 9.78. The monoisotopic (exact) mass is 298 g/mol. The molecule has 0 fully saturated rings. The van der Waals surface area contributed by atoms with Crippen LogP contribution in [-0.4, -0.2) is 16.9 Å². The molecule has 0 spiro atoms. The Morgan fingerprint density at radius 1 is 1.20 bits per heavy atom. The molecule has 0 aromatic heterocycles. The van der Waals surface area contributed by atoms with Gasteiger partial charge in [-0.05, 0) is 30.3 Å². The Kier molecular flexibility index (Phi) is 3.68. The van der Waals surface area contributed by atoms with Crippen LogP contribution in [0.5, 0.6) is 0 Å². The average molecular weight is 298 g/mol. The first-order valence-corrected chi connectivity index (χ1v) is 5.80. The lowest BCUT2D eigenvalue weighted by atomic mass is 9.93. The van der Waals surface area contributed by atoms with Gasteiger partial charge in [-0.15, -0.1) is 0 Å². The molecule has 7 heteroatoms. The van der Waals surface area contributed by atoms with Gasteiger partial charge in [0.25, 0.3) is 0 Å². The van der Waals surface area contributed by atoms with E-state index in [0.29, 0.717) is 5.56 Å². The predicted molar refractivity (Wildman–Crippen MR) is 68.8 cm³/mol. The van der Waals surface area contributed by atoms with Gasteiger partial charge in [-0.3, -0.25) is 0 Å². The van der Waals surface area contributed by atoms with Gasteiger partial charge in [0, 0.05) is 5.56 Å². The molecule has 1 aliphatic rings. The zero-order valence-corrected chi connectivity index (χ0v) is 10.6. The largest absolute Gasteiger partial charge is 0.414 e. The molecule has 0 radical (unpaired) electrons. The lowest BCUT2D eigenvalue weighted by Crippen LogP contribution is -2.28. The van der Waals surface area contributed by atoms with Gasteiger partial charge in [-0.1, -0.05) is 12.2 Å². The van der Waals surface area contributed by atoms with Crippen molar-refractivity contribution in [2.75, 3.05) is 0 Å². The van der Waals surface area contributed by atoms with E-state index in [1.165, 1.54) is 18.2 Å². The third-order valence-electron chi connectivity index (χ3n) is 2.68. The van der Waals surface area contributed by atoms with Crippen molar-refractivity contribution in [1.82, 2.24) is 0 Å². The summed E-state index contributed by atoms with van der Waals surface area (Å²) in [6.45, 7) is 0. The maximum Gasteiger partial charge on any atom is 0.414 e. The number of aliphatic imine (C=N–C) groups is 1. The summed E-state index contributed by atoms with van der Waals surface area (Å²) in [6, 6.07) is 6.31. The summed E-state index contributed by atoms with van der Waals surface area (Å²) in [7, 11) is 0. The molecule has 1 heterocycles. The number of allylic oxidation sites excluding steroid dienone is 1. The van der Waals surface area contributed by atoms with Crippen LogP contribution in [0.4, 0.5) is 17.6 Å². The van der Waals surface area contributed by atoms with Gasteiger partial charge < -0.3 is 0 Å². The second kappa shape index (κ2) is 5.13. The van der Waals surface area contributed by atoms with E-state index in [-0.39, 0.29) is 10.7 Å². The normalized spacial score (nSPS) is 19.1. The molecule has 1 aromatic rings. The molecule has 0 saturated heterocycles. The Labute approximate surface area is 117 Å². The second-order valence-corrected chi connectivity index (χ2v) is 4.42. The number of alkyl halides is 3. The fourth-order valence-corrected chi connectivity index (χ4v) is 2.00. The number of rotatable bonds is 1. The highest BCUT2D eigenvalue weighted by Gasteiger charge is 2.42. The van der Waals surface area contributed by atoms with Crippen LogP contribution in [-0.2, 0) is 0 Å². The fourth-order valence-electron chi connectivity index (χ4n) is 1.72. The summed E-state index contributed by atoms with van der Waals surface area (Å²) in [5.74, 6) is -2.10. The molecule has 1 aromatic carbocycles. The van der Waals surface area contributed by atoms with Crippen molar-refractivity contribution >= 4 is 22.9 Å². The van der Waals surface area contributed by atoms with Gasteiger partial charge in [-0.2, -0.15) is 18.4 Å². The number of nitrogens with zero attached hydrogens (tertiary/aromatic N) is 2. The summed E-state index contributed by atoms with van der Waals surface area (Å²) >= 11 is 4.75. The predicted octanol–water partition coefficient (Wildman–Crippen LogP) is 3.58. The van der Waals surface area contributed by atoms with E-state index in [1.54, 1.807) is 0 Å². The molecule has 0 unspecified atom stereocenters. The molecule has 0 bridgehead atoms. The Balaban J connectivity index is 2.51. The highest BCUT2D eigenvalue weighted by atomic mass is 32.1. The van der Waals surface area contributed by atoms with E-state index in [1.807, 2.05) is 0 Å². The maximum absolute atomic E-state index is 12.9. The minimum atomic E-state index is -4.67. The smallest absolute Gasteiger partial charge is 0.239 e. The van der Waals surface area contributed by atoms with Crippen molar-refractivity contribution in [2.45, 2.75) is 6.18 Å². The van der Waals surface area contributed by atoms with Crippen molar-refractivity contribution in [3.05, 3.63) is 47.3 Å². The van der Waals surface area contributed by atoms with E-state index in [2.05, 4.69) is 4.99 Å². The van der Waals surface area contributed by atoms with Crippen molar-refractivity contribution < 1.29 is 17.6 Å². The highest BCUT2D eigenvalue weighted by Crippen LogP contribution is 2.35. The van der Waals surface area contributed by atoms with Crippen LogP contribution in [0.15, 0.2) is 40.9 Å². The van der Waals surface area contributed by atoms with Crippen molar-refractivity contribution in [3.8, 4) is 6.07 Å². The average Bonchev–Trinajstić information content (AvgIpc) is 2.37. The first-order valence-electron chi connectivity index (χ1n) is 5.40. The second-order valence-electron chi connectivity index (χ2n) is 4.00. The van der Waals surface area contributed by atoms with Gasteiger partial charge in [0.15, 0.2) is 0 Å². The fraction of sp³-hybridized carbons (Fsp3) is 0.154. The van der Waals surface area contributed by atoms with Crippen LogP contribution in [0.3, 0.4) is 0 Å². The molecular weight excluding hydrogens is 292 g/mol. The van der Waals surface area contributed by atoms with Crippen LogP contribution in [0.25, 0.3) is 0 Å². The molecule has 20 heavy (non-hydrogen) atoms. The van der Waals surface area contributed by atoms with Gasteiger partial charge in [0.1, 0.15) is 16.7 Å². The minimum Gasteiger partial charge on any atom is -0.239 e. The molecule has 102 valence electrons. The molecule has 2 rings (SSSR count). The van der Waals surface area contributed by atoms with Crippen LogP contribution in [0, 0.1) is 23.1 Å². The van der Waals surface area contributed by atoms with Crippen LogP contribution >= 0.6 is 12.2 Å². The number of nitriles is 1. The molecule has 0 aliphatic carbocycles. The zero-order chi connectivity index (χ0) is 14.9. The third-order valence-corrected chi connectivity index (χ3v) is 3.00. The van der Waals surface area contributed by atoms with Crippen molar-refractivity contribution in [3.63, 3.8) is 0 Å². The van der Waals surface area contributed by atoms with Gasteiger partial charge >= 0.3 is 6.18 Å². The number of hydrogen-bond acceptors (Lipinski definition) is 2. The van der Waals surface area contributed by atoms with E-state index >= 15 is 0 Å². The summed E-state index contributed by atoms with van der Waals surface area (Å²) in [4.78, 5) is 3.48. The SMILES string of the molecule is N#C[C@H]1C(=S)N=C(c2ccc(F)cc2)C=C1C(F)(F)F. The van der Waals surface area contributed by atoms with Crippen LogP contribution in [0.1, 0.15) is 5.56 Å². The molecule has 1 atom stereocenters. The first-order chi connectivity index (χ1) is 9.32. The Bertz CT molecular complexity index is 650. The molecule has 0 saturated carbocycles. The number of dihydropyridines is 1. The lowest BCUT2D eigenvalue weighted by Gasteiger charge is -2.20. The minimum absolute atomic E-state index is 0.0335. The van der Waals surface area contributed by atoms with Crippen molar-refractivity contribution in [1.29, 1.82) is 5.26 Å². The third kappa shape index (κ3) is 2.75. The summed E-state index contributed by atoms with van der Waals surface area (Å²) in [6.07, 6.45) is -3.90. The van der Waals surface area contributed by atoms with E-state index in [9.17, 15) is 17.6 Å². The molecular formula is C13H6F4N2S. The molecule has 1 aliphatic heterocycles. The summed E-state index contributed by atoms with van der Waals surface area (Å²) in [5.41, 5.74) is -0.792. The van der Waals surface area contributed by atoms with Gasteiger partial charge in [-0.25, -0.2) is 9.38 Å². The Hall–Kier alpha value is -2.07. The standard InChI is InChI=1S/C13H6F4N2S/c14-8-3-1-7(2-4-8)11-5-10(13(15,16)17)9(6-18)12(20)19-11/h1-5,9H/t9-/m1/s1. The number of benzene rings is 1. The number of thiocarbonyl (C=S) groups is 1. The van der Waals surface area contributed by atoms with E-state index in [0.717, 1.165) is 18.2 Å². The molecule has 2 nitrogen and oxygen atoms in total. The Morgan fingerprint density at radius 3 is 2.30 bits per heavy atom. The van der Waals surface area contributed by atoms with Crippen LogP contribution < -0.4 is 0 Å². The topological polar surface area (TPSA) is 36.1 Å².